The van der Waals surface area contributed by atoms with Crippen molar-refractivity contribution in [3.05, 3.63) is 35.0 Å². The van der Waals surface area contributed by atoms with Gasteiger partial charge in [0.05, 0.1) is 5.02 Å². The molecular weight excluding hydrogens is 230 g/mol. The van der Waals surface area contributed by atoms with Gasteiger partial charge in [-0.3, -0.25) is 4.79 Å². The summed E-state index contributed by atoms with van der Waals surface area (Å²) in [5.74, 6) is -0.747. The van der Waals surface area contributed by atoms with Crippen molar-refractivity contribution in [2.45, 2.75) is 0 Å². The Morgan fingerprint density at radius 1 is 1.31 bits per heavy atom. The average Bonchev–Trinajstić information content (AvgIpc) is 2.61. The molecular formula is C9H8ClN5O. The zero-order chi connectivity index (χ0) is 11.7. The fraction of sp³-hybridized carbons (Fsp3) is 0. The molecule has 2 aromatic rings. The molecule has 16 heavy (non-hydrogen) atoms. The molecule has 0 bridgehead atoms. The summed E-state index contributed by atoms with van der Waals surface area (Å²) in [6, 6.07) is 6.92. The Morgan fingerprint density at radius 3 is 2.56 bits per heavy atom. The van der Waals surface area contributed by atoms with Gasteiger partial charge in [0.2, 0.25) is 0 Å². The smallest absolute Gasteiger partial charge is 0.273 e. The molecule has 0 atom stereocenters. The number of nitrogens with two attached hydrogens (primary N) is 2. The molecule has 6 nitrogen and oxygen atoms in total. The van der Waals surface area contributed by atoms with Crippen molar-refractivity contribution in [2.75, 3.05) is 5.73 Å². The monoisotopic (exact) mass is 237 g/mol. The van der Waals surface area contributed by atoms with Gasteiger partial charge in [-0.2, -0.15) is 0 Å². The maximum Gasteiger partial charge on any atom is 0.273 e. The standard InChI is InChI=1S/C9H8ClN5O/c10-5-3-1-2-4-6(5)15-13-7(9(12)16)8(11)14-15/h1-4H,(H2,11,14)(H2,12,16). The van der Waals surface area contributed by atoms with Gasteiger partial charge in [-0.05, 0) is 12.1 Å². The lowest BCUT2D eigenvalue weighted by Crippen LogP contribution is -2.14. The second-order valence-electron chi connectivity index (χ2n) is 3.04. The van der Waals surface area contributed by atoms with Gasteiger partial charge >= 0.3 is 0 Å². The van der Waals surface area contributed by atoms with E-state index in [2.05, 4.69) is 10.2 Å². The molecule has 0 saturated carbocycles. The van der Waals surface area contributed by atoms with Gasteiger partial charge in [0.1, 0.15) is 5.69 Å². The third kappa shape index (κ3) is 1.70. The predicted octanol–water partition coefficient (Wildman–Crippen LogP) is 0.602. The number of primary amides is 1. The van der Waals surface area contributed by atoms with E-state index in [0.29, 0.717) is 10.7 Å². The molecule has 1 aromatic carbocycles. The van der Waals surface area contributed by atoms with Crippen LogP contribution in [-0.2, 0) is 0 Å². The number of hydrogen-bond acceptors (Lipinski definition) is 4. The SMILES string of the molecule is NC(=O)c1nn(-c2ccccc2Cl)nc1N. The fourth-order valence-electron chi connectivity index (χ4n) is 1.21. The number of benzene rings is 1. The van der Waals surface area contributed by atoms with Crippen molar-refractivity contribution in [3.8, 4) is 5.69 Å². The Morgan fingerprint density at radius 2 is 2.00 bits per heavy atom. The number of halogens is 1. The molecule has 7 heteroatoms. The summed E-state index contributed by atoms with van der Waals surface area (Å²) in [5, 5.41) is 8.18. The lowest BCUT2D eigenvalue weighted by molar-refractivity contribution is 0.0996. The highest BCUT2D eigenvalue weighted by molar-refractivity contribution is 6.32. The van der Waals surface area contributed by atoms with Crippen LogP contribution in [0.2, 0.25) is 5.02 Å². The molecule has 4 N–H and O–H groups in total. The first kappa shape index (κ1) is 10.4. The summed E-state index contributed by atoms with van der Waals surface area (Å²) in [4.78, 5) is 12.1. The van der Waals surface area contributed by atoms with E-state index in [0.717, 1.165) is 0 Å². The quantitative estimate of drug-likeness (QED) is 0.799. The Hall–Kier alpha value is -2.08. The van der Waals surface area contributed by atoms with Crippen LogP contribution in [0.3, 0.4) is 0 Å². The summed E-state index contributed by atoms with van der Waals surface area (Å²) in [6.45, 7) is 0. The van der Waals surface area contributed by atoms with E-state index >= 15 is 0 Å². The summed E-state index contributed by atoms with van der Waals surface area (Å²) in [6.07, 6.45) is 0. The van der Waals surface area contributed by atoms with Crippen molar-refractivity contribution >= 4 is 23.3 Å². The van der Waals surface area contributed by atoms with Gasteiger partial charge in [0, 0.05) is 0 Å². The summed E-state index contributed by atoms with van der Waals surface area (Å²) < 4.78 is 0. The van der Waals surface area contributed by atoms with Gasteiger partial charge < -0.3 is 11.5 Å². The minimum atomic E-state index is -0.726. The Kier molecular flexibility index (Phi) is 2.49. The van der Waals surface area contributed by atoms with E-state index in [-0.39, 0.29) is 11.5 Å². The number of para-hydroxylation sites is 1. The van der Waals surface area contributed by atoms with Crippen LogP contribution in [-0.4, -0.2) is 20.9 Å². The van der Waals surface area contributed by atoms with Gasteiger partial charge in [0.25, 0.3) is 5.91 Å². The molecule has 0 spiro atoms. The number of nitrogens with zero attached hydrogens (tertiary/aromatic N) is 3. The lowest BCUT2D eigenvalue weighted by Gasteiger charge is -2.00. The maximum absolute atomic E-state index is 10.9. The third-order valence-electron chi connectivity index (χ3n) is 1.94. The Balaban J connectivity index is 2.54. The first-order valence-corrected chi connectivity index (χ1v) is 4.75. The Labute approximate surface area is 95.8 Å². The molecule has 0 aliphatic rings. The van der Waals surface area contributed by atoms with E-state index in [1.54, 1.807) is 24.3 Å². The van der Waals surface area contributed by atoms with Gasteiger partial charge in [-0.25, -0.2) is 0 Å². The summed E-state index contributed by atoms with van der Waals surface area (Å²) >= 11 is 5.94. The van der Waals surface area contributed by atoms with Gasteiger partial charge in [-0.15, -0.1) is 15.0 Å². The maximum atomic E-state index is 10.9. The molecule has 0 aliphatic heterocycles. The number of anilines is 1. The molecule has 0 fully saturated rings. The van der Waals surface area contributed by atoms with Crippen molar-refractivity contribution in [3.63, 3.8) is 0 Å². The highest BCUT2D eigenvalue weighted by Gasteiger charge is 2.14. The van der Waals surface area contributed by atoms with Crippen LogP contribution in [0, 0.1) is 0 Å². The van der Waals surface area contributed by atoms with Gasteiger partial charge in [-0.1, -0.05) is 23.7 Å². The second kappa shape index (κ2) is 3.82. The van der Waals surface area contributed by atoms with Crippen LogP contribution < -0.4 is 11.5 Å². The highest BCUT2D eigenvalue weighted by Crippen LogP contribution is 2.19. The summed E-state index contributed by atoms with van der Waals surface area (Å²) in [7, 11) is 0. The predicted molar refractivity (Wildman–Crippen MR) is 59.3 cm³/mol. The average molecular weight is 238 g/mol. The zero-order valence-corrected chi connectivity index (χ0v) is 8.85. The zero-order valence-electron chi connectivity index (χ0n) is 8.09. The van der Waals surface area contributed by atoms with E-state index in [1.807, 2.05) is 0 Å². The lowest BCUT2D eigenvalue weighted by atomic mass is 10.3. The number of carbonyl (C=O) groups excluding carboxylic acids is 1. The number of aromatic nitrogens is 3. The van der Waals surface area contributed by atoms with Crippen molar-refractivity contribution in [1.29, 1.82) is 0 Å². The van der Waals surface area contributed by atoms with Crippen LogP contribution in [0.15, 0.2) is 24.3 Å². The van der Waals surface area contributed by atoms with E-state index in [9.17, 15) is 4.79 Å². The number of carbonyl (C=O) groups is 1. The highest BCUT2D eigenvalue weighted by atomic mass is 35.5. The minimum Gasteiger partial charge on any atom is -0.380 e. The van der Waals surface area contributed by atoms with Crippen molar-refractivity contribution < 1.29 is 4.79 Å². The molecule has 0 saturated heterocycles. The van der Waals surface area contributed by atoms with E-state index in [1.165, 1.54) is 4.80 Å². The molecule has 0 unspecified atom stereocenters. The Bertz CT molecular complexity index is 551. The third-order valence-corrected chi connectivity index (χ3v) is 2.26. The second-order valence-corrected chi connectivity index (χ2v) is 3.45. The molecule has 82 valence electrons. The van der Waals surface area contributed by atoms with Crippen molar-refractivity contribution in [1.82, 2.24) is 15.0 Å². The van der Waals surface area contributed by atoms with Crippen LogP contribution in [0.1, 0.15) is 10.5 Å². The van der Waals surface area contributed by atoms with Gasteiger partial charge in [0.15, 0.2) is 11.5 Å². The normalized spacial score (nSPS) is 10.3. The van der Waals surface area contributed by atoms with Crippen LogP contribution >= 0.6 is 11.6 Å². The minimum absolute atomic E-state index is 0.0209. The topological polar surface area (TPSA) is 99.8 Å². The van der Waals surface area contributed by atoms with E-state index in [4.69, 9.17) is 23.1 Å². The number of hydrogen-bond donors (Lipinski definition) is 2. The largest absolute Gasteiger partial charge is 0.380 e. The van der Waals surface area contributed by atoms with Crippen LogP contribution in [0.25, 0.3) is 5.69 Å². The molecule has 1 heterocycles. The van der Waals surface area contributed by atoms with E-state index < -0.39 is 5.91 Å². The summed E-state index contributed by atoms with van der Waals surface area (Å²) in [5.41, 5.74) is 11.0. The molecule has 1 amide bonds. The van der Waals surface area contributed by atoms with Crippen LogP contribution in [0.5, 0.6) is 0 Å². The number of amides is 1. The molecule has 0 radical (unpaired) electrons. The number of rotatable bonds is 2. The first-order chi connectivity index (χ1) is 7.59. The number of nitrogen functional groups attached to an aromatic ring is 1. The van der Waals surface area contributed by atoms with Crippen molar-refractivity contribution in [2.24, 2.45) is 5.73 Å². The molecule has 1 aromatic heterocycles. The van der Waals surface area contributed by atoms with Crippen LogP contribution in [0.4, 0.5) is 5.82 Å². The first-order valence-electron chi connectivity index (χ1n) is 4.37. The molecule has 2 rings (SSSR count). The fourth-order valence-corrected chi connectivity index (χ4v) is 1.43. The molecule has 0 aliphatic carbocycles.